The van der Waals surface area contributed by atoms with E-state index in [1.54, 1.807) is 0 Å². The monoisotopic (exact) mass is 435 g/mol. The summed E-state index contributed by atoms with van der Waals surface area (Å²) in [6, 6.07) is 41.1. The van der Waals surface area contributed by atoms with Gasteiger partial charge in [0.1, 0.15) is 5.75 Å². The van der Waals surface area contributed by atoms with E-state index in [1.165, 1.54) is 50.1 Å². The lowest BCUT2D eigenvalue weighted by atomic mass is 9.70. The van der Waals surface area contributed by atoms with Gasteiger partial charge >= 0.3 is 7.69 Å². The number of rotatable bonds is 3. The molecule has 0 saturated carbocycles. The lowest BCUT2D eigenvalue weighted by Crippen LogP contribution is -2.25. The highest BCUT2D eigenvalue weighted by Gasteiger charge is 2.51. The molecule has 2 aliphatic rings. The average Bonchev–Trinajstić information content (AvgIpc) is 3.37. The van der Waals surface area contributed by atoms with Crippen LogP contribution >= 0.6 is 0 Å². The van der Waals surface area contributed by atoms with Gasteiger partial charge in [-0.25, -0.2) is 0 Å². The Balaban J connectivity index is 1.57. The Morgan fingerprint density at radius 1 is 0.500 bits per heavy atom. The minimum Gasteiger partial charge on any atom is -0.537 e. The molecule has 2 aliphatic carbocycles. The van der Waals surface area contributed by atoms with E-state index < -0.39 is 0 Å². The van der Waals surface area contributed by atoms with E-state index in [0.717, 1.165) is 5.56 Å². The maximum Gasteiger partial charge on any atom is 0.569 e. The van der Waals surface area contributed by atoms with E-state index in [4.69, 9.17) is 9.68 Å². The lowest BCUT2D eigenvalue weighted by Gasteiger charge is -2.30. The summed E-state index contributed by atoms with van der Waals surface area (Å²) in [6.45, 7) is 0. The second-order valence-corrected chi connectivity index (χ2v) is 8.86. The molecular weight excluding hydrogens is 415 g/mol. The third-order valence-corrected chi connectivity index (χ3v) is 7.38. The van der Waals surface area contributed by atoms with Gasteiger partial charge in [-0.3, -0.25) is 0 Å². The Hall–Kier alpha value is -4.08. The molecule has 1 radical (unpaired) electrons. The van der Waals surface area contributed by atoms with Crippen LogP contribution in [0, 0.1) is 0 Å². The van der Waals surface area contributed by atoms with Gasteiger partial charge in [-0.2, -0.15) is 0 Å². The molecule has 1 spiro atoms. The van der Waals surface area contributed by atoms with Crippen LogP contribution in [0.25, 0.3) is 33.4 Å². The molecule has 5 aromatic rings. The molecule has 5 aromatic carbocycles. The first-order valence-electron chi connectivity index (χ1n) is 11.5. The summed E-state index contributed by atoms with van der Waals surface area (Å²) in [5.74, 6) is 0.606. The third kappa shape index (κ3) is 2.40. The van der Waals surface area contributed by atoms with Crippen LogP contribution in [0.5, 0.6) is 5.75 Å². The van der Waals surface area contributed by atoms with Crippen molar-refractivity contribution in [1.29, 1.82) is 0 Å². The first-order valence-corrected chi connectivity index (χ1v) is 11.5. The molecule has 7 rings (SSSR count). The van der Waals surface area contributed by atoms with Gasteiger partial charge in [0.25, 0.3) is 0 Å². The standard InChI is InChI=1S/C31H20BO2/c33-32-34-21-18-16-20(17-19-21)22-11-7-15-29-30(22)25-10-3-6-14-28(25)31(29)26-12-4-1-8-23(26)24-9-2-5-13-27(24)31/h1-19,33H. The summed E-state index contributed by atoms with van der Waals surface area (Å²) in [6.07, 6.45) is 0. The fourth-order valence-electron chi connectivity index (χ4n) is 6.16. The van der Waals surface area contributed by atoms with Gasteiger partial charge in [0.15, 0.2) is 0 Å². The van der Waals surface area contributed by atoms with Crippen molar-refractivity contribution in [3.8, 4) is 39.1 Å². The molecule has 0 unspecified atom stereocenters. The lowest BCUT2D eigenvalue weighted by molar-refractivity contribution is 0.454. The minimum atomic E-state index is -0.329. The molecule has 0 aromatic heterocycles. The van der Waals surface area contributed by atoms with E-state index in [0.29, 0.717) is 13.4 Å². The van der Waals surface area contributed by atoms with Gasteiger partial charge in [0, 0.05) is 0 Å². The van der Waals surface area contributed by atoms with Crippen LogP contribution in [-0.4, -0.2) is 12.7 Å². The molecule has 2 nitrogen and oxygen atoms in total. The maximum absolute atomic E-state index is 8.97. The van der Waals surface area contributed by atoms with Gasteiger partial charge in [-0.1, -0.05) is 103 Å². The number of fused-ring (bicyclic) bond motifs is 10. The van der Waals surface area contributed by atoms with Crippen LogP contribution in [0.2, 0.25) is 0 Å². The van der Waals surface area contributed by atoms with Crippen molar-refractivity contribution in [3.63, 3.8) is 0 Å². The number of benzene rings is 5. The first kappa shape index (κ1) is 19.4. The van der Waals surface area contributed by atoms with Crippen molar-refractivity contribution in [2.75, 3.05) is 0 Å². The molecular formula is C31H20BO2. The maximum atomic E-state index is 8.97. The van der Waals surface area contributed by atoms with E-state index in [2.05, 4.69) is 103 Å². The van der Waals surface area contributed by atoms with Crippen LogP contribution in [-0.2, 0) is 5.41 Å². The molecule has 0 heterocycles. The van der Waals surface area contributed by atoms with E-state index in [9.17, 15) is 0 Å². The largest absolute Gasteiger partial charge is 0.569 e. The Kier molecular flexibility index (Phi) is 4.11. The zero-order valence-electron chi connectivity index (χ0n) is 18.4. The molecule has 0 atom stereocenters. The van der Waals surface area contributed by atoms with Crippen molar-refractivity contribution in [3.05, 3.63) is 138 Å². The van der Waals surface area contributed by atoms with Crippen LogP contribution in [0.15, 0.2) is 115 Å². The van der Waals surface area contributed by atoms with E-state index in [-0.39, 0.29) is 5.41 Å². The summed E-state index contributed by atoms with van der Waals surface area (Å²) in [7, 11) is 0.713. The molecule has 0 amide bonds. The van der Waals surface area contributed by atoms with Crippen molar-refractivity contribution in [2.24, 2.45) is 0 Å². The van der Waals surface area contributed by atoms with Crippen molar-refractivity contribution in [1.82, 2.24) is 0 Å². The van der Waals surface area contributed by atoms with Crippen molar-refractivity contribution < 1.29 is 9.68 Å². The topological polar surface area (TPSA) is 29.5 Å². The average molecular weight is 435 g/mol. The highest BCUT2D eigenvalue weighted by atomic mass is 16.5. The molecule has 0 saturated heterocycles. The van der Waals surface area contributed by atoms with E-state index >= 15 is 0 Å². The van der Waals surface area contributed by atoms with Crippen molar-refractivity contribution in [2.45, 2.75) is 5.41 Å². The molecule has 0 fully saturated rings. The zero-order chi connectivity index (χ0) is 22.7. The number of hydrogen-bond donors (Lipinski definition) is 1. The molecule has 34 heavy (non-hydrogen) atoms. The summed E-state index contributed by atoms with van der Waals surface area (Å²) < 4.78 is 5.13. The zero-order valence-corrected chi connectivity index (χ0v) is 18.4. The summed E-state index contributed by atoms with van der Waals surface area (Å²) >= 11 is 0. The third-order valence-electron chi connectivity index (χ3n) is 7.38. The predicted octanol–water partition coefficient (Wildman–Crippen LogP) is 6.60. The predicted molar refractivity (Wildman–Crippen MR) is 137 cm³/mol. The van der Waals surface area contributed by atoms with Gasteiger partial charge in [0.2, 0.25) is 0 Å². The normalized spacial score (nSPS) is 13.7. The van der Waals surface area contributed by atoms with Crippen LogP contribution in [0.1, 0.15) is 22.3 Å². The molecule has 0 bridgehead atoms. The second kappa shape index (κ2) is 7.21. The Labute approximate surface area is 199 Å². The fraction of sp³-hybridized carbons (Fsp3) is 0.0323. The summed E-state index contributed by atoms with van der Waals surface area (Å²) in [4.78, 5) is 0. The second-order valence-electron chi connectivity index (χ2n) is 8.86. The highest BCUT2D eigenvalue weighted by molar-refractivity contribution is 6.17. The van der Waals surface area contributed by atoms with Crippen LogP contribution in [0.3, 0.4) is 0 Å². The van der Waals surface area contributed by atoms with Crippen LogP contribution in [0.4, 0.5) is 0 Å². The molecule has 159 valence electrons. The quantitative estimate of drug-likeness (QED) is 0.317. The van der Waals surface area contributed by atoms with Gasteiger partial charge in [-0.05, 0) is 67.8 Å². The Morgan fingerprint density at radius 2 is 1.00 bits per heavy atom. The Morgan fingerprint density at radius 3 is 1.62 bits per heavy atom. The van der Waals surface area contributed by atoms with Gasteiger partial charge < -0.3 is 9.68 Å². The van der Waals surface area contributed by atoms with Gasteiger partial charge in [0.05, 0.1) is 5.41 Å². The van der Waals surface area contributed by atoms with Crippen LogP contribution < -0.4 is 4.65 Å². The summed E-state index contributed by atoms with van der Waals surface area (Å²) in [5, 5.41) is 8.97. The Bertz CT molecular complexity index is 1520. The highest BCUT2D eigenvalue weighted by Crippen LogP contribution is 2.63. The molecule has 3 heteroatoms. The van der Waals surface area contributed by atoms with E-state index in [1.807, 2.05) is 12.1 Å². The van der Waals surface area contributed by atoms with Crippen molar-refractivity contribution >= 4 is 7.69 Å². The van der Waals surface area contributed by atoms with Gasteiger partial charge in [-0.15, -0.1) is 0 Å². The first-order chi connectivity index (χ1) is 16.8. The SMILES string of the molecule is O[B]Oc1ccc(-c2cccc3c2-c2ccccc2C32c3ccccc3-c3ccccc32)cc1. The minimum absolute atomic E-state index is 0.329. The smallest absolute Gasteiger partial charge is 0.537 e. The molecule has 0 aliphatic heterocycles. The molecule has 1 N–H and O–H groups in total. The summed E-state index contributed by atoms with van der Waals surface area (Å²) in [5.41, 5.74) is 12.5. The fourth-order valence-corrected chi connectivity index (χ4v) is 6.16. The number of hydrogen-bond acceptors (Lipinski definition) is 2.